The quantitative estimate of drug-likeness (QED) is 0.462. The van der Waals surface area contributed by atoms with Gasteiger partial charge in [-0.2, -0.15) is 5.10 Å². The van der Waals surface area contributed by atoms with Gasteiger partial charge in [0.15, 0.2) is 5.82 Å². The fourth-order valence-corrected chi connectivity index (χ4v) is 3.75. The monoisotopic (exact) mass is 407 g/mol. The minimum absolute atomic E-state index is 0.660. The number of rotatable bonds is 3. The second-order valence-electron chi connectivity index (χ2n) is 7.44. The summed E-state index contributed by atoms with van der Waals surface area (Å²) < 4.78 is 1.92. The SMILES string of the molecule is Cc1cn(-c2cncc3[nH]c(-c4n[nH]c5cnc(-c6cnccc6C)cc45)nc23)cn1. The van der Waals surface area contributed by atoms with Crippen molar-refractivity contribution in [3.63, 3.8) is 0 Å². The number of H-pyrrole nitrogens is 2. The lowest BCUT2D eigenvalue weighted by atomic mass is 10.1. The first-order chi connectivity index (χ1) is 15.2. The molecule has 0 aliphatic heterocycles. The maximum absolute atomic E-state index is 4.85. The number of hydrogen-bond donors (Lipinski definition) is 2. The average Bonchev–Trinajstić information content (AvgIpc) is 3.50. The van der Waals surface area contributed by atoms with E-state index in [1.54, 1.807) is 31.1 Å². The topological polar surface area (TPSA) is 114 Å². The predicted molar refractivity (Wildman–Crippen MR) is 117 cm³/mol. The fourth-order valence-electron chi connectivity index (χ4n) is 3.75. The van der Waals surface area contributed by atoms with Gasteiger partial charge in [-0.1, -0.05) is 0 Å². The van der Waals surface area contributed by atoms with Gasteiger partial charge in [-0.05, 0) is 31.5 Å². The number of hydrogen-bond acceptors (Lipinski definition) is 6. The third-order valence-corrected chi connectivity index (χ3v) is 5.35. The smallest absolute Gasteiger partial charge is 0.159 e. The Balaban J connectivity index is 1.52. The van der Waals surface area contributed by atoms with Crippen LogP contribution in [0.2, 0.25) is 0 Å². The lowest BCUT2D eigenvalue weighted by Crippen LogP contribution is -1.92. The van der Waals surface area contributed by atoms with Crippen molar-refractivity contribution in [2.75, 3.05) is 0 Å². The Hall–Kier alpha value is -4.40. The van der Waals surface area contributed by atoms with Gasteiger partial charge in [0.05, 0.1) is 53.0 Å². The number of imidazole rings is 2. The number of aromatic amines is 2. The molecule has 6 heterocycles. The molecule has 0 aromatic carbocycles. The molecule has 6 rings (SSSR count). The van der Waals surface area contributed by atoms with E-state index in [0.29, 0.717) is 5.82 Å². The van der Waals surface area contributed by atoms with E-state index in [4.69, 9.17) is 4.98 Å². The lowest BCUT2D eigenvalue weighted by Gasteiger charge is -2.04. The van der Waals surface area contributed by atoms with Gasteiger partial charge >= 0.3 is 0 Å². The molecule has 0 radical (unpaired) electrons. The highest BCUT2D eigenvalue weighted by Crippen LogP contribution is 2.30. The van der Waals surface area contributed by atoms with E-state index in [9.17, 15) is 0 Å². The van der Waals surface area contributed by atoms with Crippen molar-refractivity contribution in [2.24, 2.45) is 0 Å². The number of aromatic nitrogens is 9. The molecule has 0 saturated heterocycles. The van der Waals surface area contributed by atoms with Gasteiger partial charge in [-0.25, -0.2) is 9.97 Å². The summed E-state index contributed by atoms with van der Waals surface area (Å²) >= 11 is 0. The molecule has 0 amide bonds. The highest BCUT2D eigenvalue weighted by atomic mass is 15.1. The van der Waals surface area contributed by atoms with Crippen LogP contribution in [0.1, 0.15) is 11.3 Å². The molecule has 150 valence electrons. The van der Waals surface area contributed by atoms with E-state index in [1.807, 2.05) is 42.9 Å². The molecule has 0 atom stereocenters. The van der Waals surface area contributed by atoms with E-state index < -0.39 is 0 Å². The van der Waals surface area contributed by atoms with Crippen LogP contribution in [0.15, 0.2) is 55.6 Å². The minimum Gasteiger partial charge on any atom is -0.335 e. The van der Waals surface area contributed by atoms with Crippen molar-refractivity contribution in [3.8, 4) is 28.5 Å². The highest BCUT2D eigenvalue weighted by molar-refractivity contribution is 5.95. The number of pyridine rings is 3. The van der Waals surface area contributed by atoms with E-state index in [2.05, 4.69) is 35.1 Å². The third kappa shape index (κ3) is 2.78. The van der Waals surface area contributed by atoms with E-state index in [0.717, 1.165) is 55.8 Å². The van der Waals surface area contributed by atoms with Crippen LogP contribution in [0.3, 0.4) is 0 Å². The second kappa shape index (κ2) is 6.56. The van der Waals surface area contributed by atoms with Crippen LogP contribution in [0.25, 0.3) is 50.4 Å². The first-order valence-corrected chi connectivity index (χ1v) is 9.77. The predicted octanol–water partition coefficient (Wildman–Crippen LogP) is 3.76. The summed E-state index contributed by atoms with van der Waals surface area (Å²) in [5.41, 5.74) is 7.92. The van der Waals surface area contributed by atoms with Gasteiger partial charge in [0, 0.05) is 29.5 Å². The zero-order chi connectivity index (χ0) is 20.9. The summed E-state index contributed by atoms with van der Waals surface area (Å²) in [4.78, 5) is 25.7. The molecule has 6 aromatic heterocycles. The van der Waals surface area contributed by atoms with E-state index in [-0.39, 0.29) is 0 Å². The highest BCUT2D eigenvalue weighted by Gasteiger charge is 2.17. The first-order valence-electron chi connectivity index (χ1n) is 9.77. The number of fused-ring (bicyclic) bond motifs is 2. The molecule has 9 heteroatoms. The molecular weight excluding hydrogens is 390 g/mol. The van der Waals surface area contributed by atoms with Crippen molar-refractivity contribution < 1.29 is 0 Å². The largest absolute Gasteiger partial charge is 0.335 e. The van der Waals surface area contributed by atoms with Gasteiger partial charge in [0.25, 0.3) is 0 Å². The van der Waals surface area contributed by atoms with Crippen molar-refractivity contribution in [2.45, 2.75) is 13.8 Å². The van der Waals surface area contributed by atoms with Gasteiger partial charge in [-0.3, -0.25) is 20.1 Å². The Bertz CT molecular complexity index is 1570. The molecule has 0 spiro atoms. The maximum Gasteiger partial charge on any atom is 0.159 e. The molecule has 0 bridgehead atoms. The van der Waals surface area contributed by atoms with Gasteiger partial charge in [0.1, 0.15) is 11.2 Å². The van der Waals surface area contributed by atoms with Gasteiger partial charge < -0.3 is 9.55 Å². The molecule has 6 aromatic rings. The Labute approximate surface area is 176 Å². The zero-order valence-electron chi connectivity index (χ0n) is 16.8. The number of nitrogens with zero attached hydrogens (tertiary/aromatic N) is 7. The van der Waals surface area contributed by atoms with Gasteiger partial charge in [-0.15, -0.1) is 0 Å². The Morgan fingerprint density at radius 1 is 0.968 bits per heavy atom. The molecular formula is C22H17N9. The van der Waals surface area contributed by atoms with Crippen LogP contribution in [-0.2, 0) is 0 Å². The lowest BCUT2D eigenvalue weighted by molar-refractivity contribution is 1.05. The molecule has 0 aliphatic carbocycles. The van der Waals surface area contributed by atoms with Crippen molar-refractivity contribution >= 4 is 21.9 Å². The van der Waals surface area contributed by atoms with Crippen molar-refractivity contribution in [3.05, 3.63) is 66.9 Å². The molecule has 0 aliphatic rings. The Morgan fingerprint density at radius 3 is 2.74 bits per heavy atom. The second-order valence-corrected chi connectivity index (χ2v) is 7.44. The molecule has 31 heavy (non-hydrogen) atoms. The molecule has 2 N–H and O–H groups in total. The van der Waals surface area contributed by atoms with Crippen LogP contribution < -0.4 is 0 Å². The molecule has 0 fully saturated rings. The summed E-state index contributed by atoms with van der Waals surface area (Å²) in [6, 6.07) is 3.99. The maximum atomic E-state index is 4.85. The van der Waals surface area contributed by atoms with Crippen molar-refractivity contribution in [1.29, 1.82) is 0 Å². The van der Waals surface area contributed by atoms with Gasteiger partial charge in [0.2, 0.25) is 0 Å². The number of aryl methyl sites for hydroxylation is 2. The molecule has 9 nitrogen and oxygen atoms in total. The Kier molecular flexibility index (Phi) is 3.69. The van der Waals surface area contributed by atoms with Crippen LogP contribution in [0.4, 0.5) is 0 Å². The van der Waals surface area contributed by atoms with Crippen LogP contribution >= 0.6 is 0 Å². The summed E-state index contributed by atoms with van der Waals surface area (Å²) in [7, 11) is 0. The van der Waals surface area contributed by atoms with Crippen LogP contribution in [-0.4, -0.2) is 44.7 Å². The zero-order valence-corrected chi connectivity index (χ0v) is 16.8. The Morgan fingerprint density at radius 2 is 1.90 bits per heavy atom. The fraction of sp³-hybridized carbons (Fsp3) is 0.0909. The first kappa shape index (κ1) is 17.5. The molecule has 0 unspecified atom stereocenters. The standard InChI is InChI=1S/C22H17N9/c1-12-3-4-23-6-15(12)16-5-14-17(8-25-16)29-30-20(14)22-27-18-7-24-9-19(21(18)28-22)31-10-13(2)26-11-31/h3-11H,1-2H3,(H,27,28)(H,29,30). The van der Waals surface area contributed by atoms with E-state index >= 15 is 0 Å². The summed E-state index contributed by atoms with van der Waals surface area (Å²) in [5, 5.41) is 8.50. The molecule has 0 saturated carbocycles. The van der Waals surface area contributed by atoms with E-state index in [1.165, 1.54) is 0 Å². The number of nitrogens with one attached hydrogen (secondary N) is 2. The minimum atomic E-state index is 0.660. The van der Waals surface area contributed by atoms with Crippen LogP contribution in [0, 0.1) is 13.8 Å². The summed E-state index contributed by atoms with van der Waals surface area (Å²) in [6.07, 6.45) is 12.7. The average molecular weight is 407 g/mol. The van der Waals surface area contributed by atoms with Crippen LogP contribution in [0.5, 0.6) is 0 Å². The van der Waals surface area contributed by atoms with Crippen molar-refractivity contribution in [1.82, 2.24) is 44.7 Å². The normalized spacial score (nSPS) is 11.5. The summed E-state index contributed by atoms with van der Waals surface area (Å²) in [5.74, 6) is 0.660. The summed E-state index contributed by atoms with van der Waals surface area (Å²) in [6.45, 7) is 4.00. The third-order valence-electron chi connectivity index (χ3n) is 5.35.